The van der Waals surface area contributed by atoms with Gasteiger partial charge in [0.2, 0.25) is 0 Å². The molecule has 1 aromatic heterocycles. The number of hydrogen-bond acceptors (Lipinski definition) is 2. The van der Waals surface area contributed by atoms with Gasteiger partial charge in [0.1, 0.15) is 5.15 Å². The van der Waals surface area contributed by atoms with Gasteiger partial charge in [-0.25, -0.2) is 9.37 Å². The van der Waals surface area contributed by atoms with Gasteiger partial charge >= 0.3 is 0 Å². The van der Waals surface area contributed by atoms with Crippen LogP contribution >= 0.6 is 23.2 Å². The van der Waals surface area contributed by atoms with E-state index in [2.05, 4.69) is 4.98 Å². The summed E-state index contributed by atoms with van der Waals surface area (Å²) in [5.74, 6) is -0.580. The molecule has 1 atom stereocenters. The molecule has 2 rings (SSSR count). The zero-order valence-corrected chi connectivity index (χ0v) is 9.95. The molecule has 0 radical (unpaired) electrons. The van der Waals surface area contributed by atoms with E-state index < -0.39 is 11.4 Å². The van der Waals surface area contributed by atoms with Gasteiger partial charge in [-0.15, -0.1) is 0 Å². The number of nitrogens with zero attached hydrogens (tertiary/aromatic N) is 1. The third-order valence-electron chi connectivity index (χ3n) is 3.17. The molecule has 0 aromatic carbocycles. The molecule has 0 amide bonds. The maximum atomic E-state index is 13.3. The van der Waals surface area contributed by atoms with E-state index in [1.54, 1.807) is 0 Å². The van der Waals surface area contributed by atoms with E-state index in [9.17, 15) is 4.39 Å². The molecular weight excluding hydrogens is 238 g/mol. The molecule has 2 N–H and O–H groups in total. The molecule has 1 aromatic rings. The van der Waals surface area contributed by atoms with Crippen molar-refractivity contribution >= 4 is 23.2 Å². The molecule has 5 heteroatoms. The number of pyridine rings is 1. The Morgan fingerprint density at radius 1 is 1.40 bits per heavy atom. The summed E-state index contributed by atoms with van der Waals surface area (Å²) in [4.78, 5) is 3.72. The molecule has 0 spiro atoms. The summed E-state index contributed by atoms with van der Waals surface area (Å²) < 4.78 is 13.3. The van der Waals surface area contributed by atoms with Crippen molar-refractivity contribution in [1.29, 1.82) is 0 Å². The fourth-order valence-corrected chi connectivity index (χ4v) is 2.36. The van der Waals surface area contributed by atoms with Crippen LogP contribution in [0.4, 0.5) is 4.39 Å². The monoisotopic (exact) mass is 248 g/mol. The van der Waals surface area contributed by atoms with E-state index >= 15 is 0 Å². The second-order valence-electron chi connectivity index (χ2n) is 4.63. The van der Waals surface area contributed by atoms with Gasteiger partial charge in [0.25, 0.3) is 0 Å². The van der Waals surface area contributed by atoms with Crippen LogP contribution in [0.15, 0.2) is 6.07 Å². The Balaban J connectivity index is 2.52. The van der Waals surface area contributed by atoms with Crippen LogP contribution in [0.1, 0.15) is 25.8 Å². The van der Waals surface area contributed by atoms with Crippen molar-refractivity contribution in [1.82, 2.24) is 4.98 Å². The van der Waals surface area contributed by atoms with Crippen LogP contribution in [0, 0.1) is 11.2 Å². The molecule has 1 fully saturated rings. The van der Waals surface area contributed by atoms with Crippen molar-refractivity contribution in [3.8, 4) is 0 Å². The summed E-state index contributed by atoms with van der Waals surface area (Å²) in [6, 6.07) is 1.28. The fourth-order valence-electron chi connectivity index (χ4n) is 1.87. The van der Waals surface area contributed by atoms with Crippen LogP contribution in [0.2, 0.25) is 10.3 Å². The van der Waals surface area contributed by atoms with Crippen molar-refractivity contribution in [2.24, 2.45) is 11.1 Å². The first-order chi connectivity index (χ1) is 6.78. The largest absolute Gasteiger partial charge is 0.321 e. The maximum absolute atomic E-state index is 13.3. The summed E-state index contributed by atoms with van der Waals surface area (Å²) in [5, 5.41) is -0.0275. The molecule has 82 valence electrons. The number of halogens is 3. The minimum Gasteiger partial charge on any atom is -0.321 e. The SMILES string of the molecule is CC1(C)CC1(N)c1cc(F)c(Cl)nc1Cl. The molecule has 0 aliphatic heterocycles. The maximum Gasteiger partial charge on any atom is 0.166 e. The zero-order valence-electron chi connectivity index (χ0n) is 8.44. The molecule has 1 unspecified atom stereocenters. The van der Waals surface area contributed by atoms with Crippen molar-refractivity contribution in [3.05, 3.63) is 27.8 Å². The Labute approximate surface area is 97.6 Å². The van der Waals surface area contributed by atoms with E-state index in [4.69, 9.17) is 28.9 Å². The van der Waals surface area contributed by atoms with Gasteiger partial charge in [0.05, 0.1) is 0 Å². The van der Waals surface area contributed by atoms with E-state index in [1.165, 1.54) is 6.07 Å². The van der Waals surface area contributed by atoms with Gasteiger partial charge in [-0.2, -0.15) is 0 Å². The number of nitrogens with two attached hydrogens (primary N) is 1. The Morgan fingerprint density at radius 3 is 2.40 bits per heavy atom. The smallest absolute Gasteiger partial charge is 0.166 e. The van der Waals surface area contributed by atoms with Crippen molar-refractivity contribution in [2.75, 3.05) is 0 Å². The van der Waals surface area contributed by atoms with Gasteiger partial charge in [0.15, 0.2) is 11.0 Å². The lowest BCUT2D eigenvalue weighted by molar-refractivity contribution is 0.504. The quantitative estimate of drug-likeness (QED) is 0.776. The minimum atomic E-state index is -0.581. The topological polar surface area (TPSA) is 38.9 Å². The third-order valence-corrected chi connectivity index (χ3v) is 3.72. The fraction of sp³-hybridized carbons (Fsp3) is 0.500. The Hall–Kier alpha value is -0.380. The zero-order chi connectivity index (χ0) is 11.4. The van der Waals surface area contributed by atoms with Crippen molar-refractivity contribution < 1.29 is 4.39 Å². The lowest BCUT2D eigenvalue weighted by Gasteiger charge is -2.16. The highest BCUT2D eigenvalue weighted by Gasteiger charge is 2.60. The van der Waals surface area contributed by atoms with Crippen LogP contribution in [0.3, 0.4) is 0 Å². The van der Waals surface area contributed by atoms with Crippen LogP contribution in [-0.2, 0) is 5.54 Å². The standard InChI is InChI=1S/C10H11Cl2FN2/c1-9(2)4-10(9,14)5-3-6(13)8(12)15-7(5)11/h3H,4,14H2,1-2H3. The number of hydrogen-bond donors (Lipinski definition) is 1. The van der Waals surface area contributed by atoms with Crippen LogP contribution < -0.4 is 5.73 Å². The molecule has 1 heterocycles. The predicted octanol–water partition coefficient (Wildman–Crippen LogP) is 3.11. The third kappa shape index (κ3) is 1.53. The molecule has 0 bridgehead atoms. The van der Waals surface area contributed by atoms with Crippen LogP contribution in [0.25, 0.3) is 0 Å². The average Bonchev–Trinajstić information content (AvgIpc) is 2.60. The highest BCUT2D eigenvalue weighted by molar-refractivity contribution is 6.33. The lowest BCUT2D eigenvalue weighted by Crippen LogP contribution is -2.26. The van der Waals surface area contributed by atoms with Crippen LogP contribution in [0.5, 0.6) is 0 Å². The van der Waals surface area contributed by atoms with E-state index in [0.717, 1.165) is 6.42 Å². The minimum absolute atomic E-state index is 0.0708. The van der Waals surface area contributed by atoms with Crippen molar-refractivity contribution in [2.45, 2.75) is 25.8 Å². The normalized spacial score (nSPS) is 27.9. The highest BCUT2D eigenvalue weighted by atomic mass is 35.5. The van der Waals surface area contributed by atoms with Gasteiger partial charge in [-0.05, 0) is 17.9 Å². The molecule has 1 aliphatic rings. The molecule has 1 aliphatic carbocycles. The van der Waals surface area contributed by atoms with Gasteiger partial charge in [-0.1, -0.05) is 37.0 Å². The molecular formula is C10H11Cl2FN2. The van der Waals surface area contributed by atoms with Gasteiger partial charge < -0.3 is 5.73 Å². The number of rotatable bonds is 1. The van der Waals surface area contributed by atoms with E-state index in [0.29, 0.717) is 5.56 Å². The molecule has 1 saturated carbocycles. The second kappa shape index (κ2) is 3.06. The Bertz CT molecular complexity index is 434. The Morgan fingerprint density at radius 2 is 1.93 bits per heavy atom. The lowest BCUT2D eigenvalue weighted by atomic mass is 9.98. The summed E-state index contributed by atoms with van der Waals surface area (Å²) in [5.41, 5.74) is 6.02. The summed E-state index contributed by atoms with van der Waals surface area (Å²) in [6.45, 7) is 4.02. The molecule has 15 heavy (non-hydrogen) atoms. The Kier molecular flexibility index (Phi) is 2.27. The van der Waals surface area contributed by atoms with Gasteiger partial charge in [-0.3, -0.25) is 0 Å². The number of aromatic nitrogens is 1. The first kappa shape index (κ1) is 11.1. The van der Waals surface area contributed by atoms with E-state index in [-0.39, 0.29) is 15.7 Å². The first-order valence-electron chi connectivity index (χ1n) is 4.59. The molecule has 2 nitrogen and oxygen atoms in total. The second-order valence-corrected chi connectivity index (χ2v) is 5.35. The summed E-state index contributed by atoms with van der Waals surface area (Å²) in [6.07, 6.45) is 0.766. The summed E-state index contributed by atoms with van der Waals surface area (Å²) >= 11 is 11.4. The van der Waals surface area contributed by atoms with Crippen molar-refractivity contribution in [3.63, 3.8) is 0 Å². The molecule has 0 saturated heterocycles. The predicted molar refractivity (Wildman–Crippen MR) is 58.5 cm³/mol. The van der Waals surface area contributed by atoms with Gasteiger partial charge in [0, 0.05) is 11.1 Å². The highest BCUT2D eigenvalue weighted by Crippen LogP contribution is 2.61. The first-order valence-corrected chi connectivity index (χ1v) is 5.34. The van der Waals surface area contributed by atoms with Crippen LogP contribution in [-0.4, -0.2) is 4.98 Å². The average molecular weight is 249 g/mol. The van der Waals surface area contributed by atoms with E-state index in [1.807, 2.05) is 13.8 Å². The summed E-state index contributed by atoms with van der Waals surface area (Å²) in [7, 11) is 0.